The molecule has 2 N–H and O–H groups in total. The van der Waals surface area contributed by atoms with Gasteiger partial charge in [-0.15, -0.1) is 0 Å². The Labute approximate surface area is 113 Å². The highest BCUT2D eigenvalue weighted by Gasteiger charge is 2.27. The summed E-state index contributed by atoms with van der Waals surface area (Å²) in [7, 11) is 1.62. The van der Waals surface area contributed by atoms with E-state index in [0.717, 1.165) is 37.5 Å². The number of hydrogen-bond donors (Lipinski definition) is 2. The number of carbonyl (C=O) groups excluding carboxylic acids is 1. The average molecular weight is 263 g/mol. The molecule has 0 aliphatic carbocycles. The van der Waals surface area contributed by atoms with Crippen molar-refractivity contribution in [2.75, 3.05) is 32.1 Å². The largest absolute Gasteiger partial charge is 0.497 e. The Kier molecular flexibility index (Phi) is 4.63. The summed E-state index contributed by atoms with van der Waals surface area (Å²) in [5.41, 5.74) is 0.762. The van der Waals surface area contributed by atoms with E-state index in [1.807, 2.05) is 29.2 Å². The topological polar surface area (TPSA) is 53.6 Å². The molecule has 1 heterocycles. The van der Waals surface area contributed by atoms with Crippen molar-refractivity contribution < 1.29 is 9.53 Å². The molecule has 5 heteroatoms. The van der Waals surface area contributed by atoms with Crippen LogP contribution in [0.4, 0.5) is 10.5 Å². The van der Waals surface area contributed by atoms with Crippen LogP contribution in [-0.2, 0) is 0 Å². The lowest BCUT2D eigenvalue weighted by Crippen LogP contribution is -2.59. The van der Waals surface area contributed by atoms with E-state index in [2.05, 4.69) is 17.6 Å². The van der Waals surface area contributed by atoms with Crippen molar-refractivity contribution in [1.82, 2.24) is 10.2 Å². The van der Waals surface area contributed by atoms with E-state index in [-0.39, 0.29) is 6.03 Å². The number of rotatable bonds is 5. The number of benzene rings is 1. The van der Waals surface area contributed by atoms with Gasteiger partial charge >= 0.3 is 6.03 Å². The molecule has 1 aliphatic heterocycles. The van der Waals surface area contributed by atoms with E-state index in [4.69, 9.17) is 4.74 Å². The molecule has 0 unspecified atom stereocenters. The van der Waals surface area contributed by atoms with Gasteiger partial charge in [0.05, 0.1) is 13.2 Å². The molecule has 2 amide bonds. The van der Waals surface area contributed by atoms with Gasteiger partial charge in [-0.2, -0.15) is 0 Å². The Hall–Kier alpha value is -1.75. The number of hydrogen-bond acceptors (Lipinski definition) is 3. The number of carbonyl (C=O) groups is 1. The van der Waals surface area contributed by atoms with Crippen LogP contribution in [0.2, 0.25) is 0 Å². The predicted octanol–water partition coefficient (Wildman–Crippen LogP) is 1.91. The van der Waals surface area contributed by atoms with E-state index >= 15 is 0 Å². The molecule has 0 atom stereocenters. The zero-order chi connectivity index (χ0) is 13.7. The molecule has 2 rings (SSSR count). The van der Waals surface area contributed by atoms with Gasteiger partial charge in [0, 0.05) is 31.4 Å². The third-order valence-corrected chi connectivity index (χ3v) is 3.25. The summed E-state index contributed by atoms with van der Waals surface area (Å²) >= 11 is 0. The van der Waals surface area contributed by atoms with Crippen LogP contribution in [0.3, 0.4) is 0 Å². The summed E-state index contributed by atoms with van der Waals surface area (Å²) in [4.78, 5) is 14.2. The molecule has 104 valence electrons. The number of nitrogens with zero attached hydrogens (tertiary/aromatic N) is 1. The maximum atomic E-state index is 12.3. The van der Waals surface area contributed by atoms with E-state index in [1.165, 1.54) is 0 Å². The first kappa shape index (κ1) is 13.7. The standard InChI is InChI=1S/C14H21N3O2/c1-3-7-17(12-9-15-10-12)14(18)16-11-5-4-6-13(8-11)19-2/h4-6,8,12,15H,3,7,9-10H2,1-2H3,(H,16,18). The van der Waals surface area contributed by atoms with Gasteiger partial charge in [0.15, 0.2) is 0 Å². The van der Waals surface area contributed by atoms with E-state index in [1.54, 1.807) is 7.11 Å². The van der Waals surface area contributed by atoms with Gasteiger partial charge < -0.3 is 20.3 Å². The molecule has 0 radical (unpaired) electrons. The van der Waals surface area contributed by atoms with Crippen LogP contribution in [0, 0.1) is 0 Å². The van der Waals surface area contributed by atoms with Crippen molar-refractivity contribution in [3.63, 3.8) is 0 Å². The van der Waals surface area contributed by atoms with Crippen LogP contribution in [0.1, 0.15) is 13.3 Å². The summed E-state index contributed by atoms with van der Waals surface area (Å²) in [6, 6.07) is 7.68. The molecule has 0 saturated carbocycles. The first-order chi connectivity index (χ1) is 9.24. The summed E-state index contributed by atoms with van der Waals surface area (Å²) in [6.45, 7) is 4.62. The number of anilines is 1. The SMILES string of the molecule is CCCN(C(=O)Nc1cccc(OC)c1)C1CNC1. The van der Waals surface area contributed by atoms with Crippen LogP contribution in [0.15, 0.2) is 24.3 Å². The fourth-order valence-electron chi connectivity index (χ4n) is 2.08. The van der Waals surface area contributed by atoms with Gasteiger partial charge in [-0.25, -0.2) is 4.79 Å². The Morgan fingerprint density at radius 2 is 2.32 bits per heavy atom. The van der Waals surface area contributed by atoms with Gasteiger partial charge in [-0.3, -0.25) is 0 Å². The fraction of sp³-hybridized carbons (Fsp3) is 0.500. The van der Waals surface area contributed by atoms with Gasteiger partial charge in [-0.05, 0) is 18.6 Å². The van der Waals surface area contributed by atoms with Crippen LogP contribution in [-0.4, -0.2) is 43.7 Å². The van der Waals surface area contributed by atoms with E-state index in [0.29, 0.717) is 6.04 Å². The van der Waals surface area contributed by atoms with Gasteiger partial charge in [0.1, 0.15) is 5.75 Å². The Morgan fingerprint density at radius 3 is 2.89 bits per heavy atom. The lowest BCUT2D eigenvalue weighted by atomic mass is 10.1. The normalized spacial score (nSPS) is 14.6. The summed E-state index contributed by atoms with van der Waals surface area (Å²) in [6.07, 6.45) is 0.960. The monoisotopic (exact) mass is 263 g/mol. The summed E-state index contributed by atoms with van der Waals surface area (Å²) in [5, 5.41) is 6.13. The second-order valence-electron chi connectivity index (χ2n) is 4.67. The molecular formula is C14H21N3O2. The van der Waals surface area contributed by atoms with Crippen LogP contribution in [0.5, 0.6) is 5.75 Å². The van der Waals surface area contributed by atoms with Crippen molar-refractivity contribution >= 4 is 11.7 Å². The van der Waals surface area contributed by atoms with Crippen molar-refractivity contribution in [3.05, 3.63) is 24.3 Å². The number of methoxy groups -OCH3 is 1. The first-order valence-corrected chi connectivity index (χ1v) is 6.67. The Balaban J connectivity index is 2.00. The van der Waals surface area contributed by atoms with Crippen molar-refractivity contribution in [1.29, 1.82) is 0 Å². The molecule has 5 nitrogen and oxygen atoms in total. The van der Waals surface area contributed by atoms with Gasteiger partial charge in [-0.1, -0.05) is 13.0 Å². The van der Waals surface area contributed by atoms with Gasteiger partial charge in [0.2, 0.25) is 0 Å². The highest BCUT2D eigenvalue weighted by Crippen LogP contribution is 2.18. The Bertz CT molecular complexity index is 432. The third-order valence-electron chi connectivity index (χ3n) is 3.25. The average Bonchev–Trinajstić information content (AvgIpc) is 2.36. The molecule has 0 bridgehead atoms. The highest BCUT2D eigenvalue weighted by molar-refractivity contribution is 5.89. The van der Waals surface area contributed by atoms with Crippen molar-refractivity contribution in [2.24, 2.45) is 0 Å². The van der Waals surface area contributed by atoms with E-state index in [9.17, 15) is 4.79 Å². The second kappa shape index (κ2) is 6.43. The van der Waals surface area contributed by atoms with Crippen LogP contribution in [0.25, 0.3) is 0 Å². The number of nitrogens with one attached hydrogen (secondary N) is 2. The van der Waals surface area contributed by atoms with E-state index < -0.39 is 0 Å². The lowest BCUT2D eigenvalue weighted by molar-refractivity contribution is 0.161. The number of urea groups is 1. The molecular weight excluding hydrogens is 242 g/mol. The minimum Gasteiger partial charge on any atom is -0.497 e. The lowest BCUT2D eigenvalue weighted by Gasteiger charge is -2.38. The zero-order valence-electron chi connectivity index (χ0n) is 11.5. The maximum absolute atomic E-state index is 12.3. The van der Waals surface area contributed by atoms with Crippen LogP contribution < -0.4 is 15.4 Å². The Morgan fingerprint density at radius 1 is 1.53 bits per heavy atom. The van der Waals surface area contributed by atoms with Crippen LogP contribution >= 0.6 is 0 Å². The number of amides is 2. The molecule has 1 saturated heterocycles. The molecule has 0 aromatic heterocycles. The third kappa shape index (κ3) is 3.38. The van der Waals surface area contributed by atoms with Crippen molar-refractivity contribution in [3.8, 4) is 5.75 Å². The smallest absolute Gasteiger partial charge is 0.322 e. The molecule has 1 aromatic rings. The molecule has 19 heavy (non-hydrogen) atoms. The fourth-order valence-corrected chi connectivity index (χ4v) is 2.08. The number of ether oxygens (including phenoxy) is 1. The first-order valence-electron chi connectivity index (χ1n) is 6.67. The molecule has 0 spiro atoms. The minimum atomic E-state index is -0.0402. The quantitative estimate of drug-likeness (QED) is 0.853. The molecule has 1 aromatic carbocycles. The molecule has 1 fully saturated rings. The maximum Gasteiger partial charge on any atom is 0.322 e. The summed E-state index contributed by atoms with van der Waals surface area (Å²) < 4.78 is 5.15. The minimum absolute atomic E-state index is 0.0402. The summed E-state index contributed by atoms with van der Waals surface area (Å²) in [5.74, 6) is 0.741. The second-order valence-corrected chi connectivity index (χ2v) is 4.67. The predicted molar refractivity (Wildman–Crippen MR) is 75.7 cm³/mol. The zero-order valence-corrected chi connectivity index (χ0v) is 11.5. The highest BCUT2D eigenvalue weighted by atomic mass is 16.5. The van der Waals surface area contributed by atoms with Crippen molar-refractivity contribution in [2.45, 2.75) is 19.4 Å². The molecule has 1 aliphatic rings. The van der Waals surface area contributed by atoms with Gasteiger partial charge in [0.25, 0.3) is 0 Å².